The Hall–Kier alpha value is -1.40. The summed E-state index contributed by atoms with van der Waals surface area (Å²) >= 11 is 0. The van der Waals surface area contributed by atoms with Gasteiger partial charge >= 0.3 is 0 Å². The van der Waals surface area contributed by atoms with Crippen molar-refractivity contribution in [2.24, 2.45) is 11.1 Å². The molecule has 24 heavy (non-hydrogen) atoms. The third-order valence-electron chi connectivity index (χ3n) is 4.66. The van der Waals surface area contributed by atoms with Crippen molar-refractivity contribution in [2.75, 3.05) is 25.9 Å². The molecule has 1 aliphatic rings. The Morgan fingerprint density at radius 2 is 1.92 bits per heavy atom. The largest absolute Gasteiger partial charge is 0.345 e. The zero-order chi connectivity index (χ0) is 18.0. The van der Waals surface area contributed by atoms with E-state index in [2.05, 4.69) is 0 Å². The van der Waals surface area contributed by atoms with Gasteiger partial charge in [0.15, 0.2) is 9.84 Å². The van der Waals surface area contributed by atoms with Gasteiger partial charge in [-0.3, -0.25) is 4.79 Å². The Morgan fingerprint density at radius 3 is 2.58 bits per heavy atom. The number of carbonyl (C=O) groups is 1. The maximum absolute atomic E-state index is 12.5. The van der Waals surface area contributed by atoms with Gasteiger partial charge in [0.2, 0.25) is 5.91 Å². The van der Waals surface area contributed by atoms with E-state index in [0.717, 1.165) is 24.8 Å². The van der Waals surface area contributed by atoms with Crippen molar-refractivity contribution in [3.8, 4) is 0 Å². The fourth-order valence-electron chi connectivity index (χ4n) is 3.07. The minimum absolute atomic E-state index is 0.00340. The Balaban J connectivity index is 1.98. The van der Waals surface area contributed by atoms with E-state index in [1.54, 1.807) is 24.1 Å². The van der Waals surface area contributed by atoms with Crippen molar-refractivity contribution < 1.29 is 13.2 Å². The van der Waals surface area contributed by atoms with Gasteiger partial charge in [-0.15, -0.1) is 0 Å². The predicted octanol–water partition coefficient (Wildman–Crippen LogP) is 1.78. The Bertz CT molecular complexity index is 711. The molecule has 0 aromatic heterocycles. The molecule has 0 saturated heterocycles. The lowest BCUT2D eigenvalue weighted by molar-refractivity contribution is -0.130. The molecule has 0 bridgehead atoms. The average molecular weight is 353 g/mol. The summed E-state index contributed by atoms with van der Waals surface area (Å²) in [5, 5.41) is 0. The molecule has 0 aliphatic heterocycles. The quantitative estimate of drug-likeness (QED) is 0.811. The summed E-state index contributed by atoms with van der Waals surface area (Å²) < 4.78 is 25.0. The van der Waals surface area contributed by atoms with Crippen LogP contribution in [0, 0.1) is 5.41 Å². The van der Waals surface area contributed by atoms with E-state index >= 15 is 0 Å². The number of benzene rings is 1. The molecule has 1 aromatic rings. The molecule has 0 heterocycles. The third kappa shape index (κ3) is 4.57. The number of hydrogen-bond acceptors (Lipinski definition) is 4. The number of carbonyl (C=O) groups excluding carboxylic acids is 1. The molecule has 1 aliphatic carbocycles. The molecule has 6 heteroatoms. The van der Waals surface area contributed by atoms with E-state index in [9.17, 15) is 13.2 Å². The van der Waals surface area contributed by atoms with E-state index < -0.39 is 9.84 Å². The van der Waals surface area contributed by atoms with Crippen molar-refractivity contribution in [2.45, 2.75) is 44.4 Å². The lowest BCUT2D eigenvalue weighted by atomic mass is 9.93. The number of aryl methyl sites for hydroxylation is 2. The van der Waals surface area contributed by atoms with Gasteiger partial charge in [0.25, 0.3) is 0 Å². The molecule has 0 spiro atoms. The highest BCUT2D eigenvalue weighted by Crippen LogP contribution is 2.25. The van der Waals surface area contributed by atoms with Gasteiger partial charge < -0.3 is 10.6 Å². The molecular formula is C18H28N2O3S. The van der Waals surface area contributed by atoms with Crippen LogP contribution in [0.25, 0.3) is 0 Å². The molecule has 0 saturated carbocycles. The van der Waals surface area contributed by atoms with Crippen molar-refractivity contribution in [3.63, 3.8) is 0 Å². The van der Waals surface area contributed by atoms with E-state index in [0.29, 0.717) is 18.0 Å². The van der Waals surface area contributed by atoms with E-state index in [1.807, 2.05) is 19.9 Å². The van der Waals surface area contributed by atoms with Crippen LogP contribution < -0.4 is 5.73 Å². The van der Waals surface area contributed by atoms with Crippen LogP contribution in [0.15, 0.2) is 23.1 Å². The molecule has 2 rings (SSSR count). The van der Waals surface area contributed by atoms with Crippen molar-refractivity contribution in [1.82, 2.24) is 4.90 Å². The highest BCUT2D eigenvalue weighted by atomic mass is 32.2. The number of nitrogens with two attached hydrogens (primary N) is 1. The minimum Gasteiger partial charge on any atom is -0.345 e. The molecule has 1 amide bonds. The Morgan fingerprint density at radius 1 is 1.25 bits per heavy atom. The second kappa shape index (κ2) is 7.23. The number of nitrogens with zero attached hydrogens (tertiary/aromatic N) is 1. The number of fused-ring (bicyclic) bond motifs is 1. The van der Waals surface area contributed by atoms with Gasteiger partial charge in [0, 0.05) is 20.0 Å². The Labute approximate surface area is 145 Å². The summed E-state index contributed by atoms with van der Waals surface area (Å²) in [5.74, 6) is -0.320. The zero-order valence-electron chi connectivity index (χ0n) is 14.8. The van der Waals surface area contributed by atoms with Crippen LogP contribution in [0.2, 0.25) is 0 Å². The van der Waals surface area contributed by atoms with Crippen molar-refractivity contribution >= 4 is 15.7 Å². The summed E-state index contributed by atoms with van der Waals surface area (Å²) in [7, 11) is -1.74. The molecule has 5 nitrogen and oxygen atoms in total. The molecular weight excluding hydrogens is 324 g/mol. The van der Waals surface area contributed by atoms with Crippen molar-refractivity contribution in [3.05, 3.63) is 29.3 Å². The highest BCUT2D eigenvalue weighted by Gasteiger charge is 2.24. The lowest BCUT2D eigenvalue weighted by Gasteiger charge is -2.29. The van der Waals surface area contributed by atoms with Gasteiger partial charge in [0.05, 0.1) is 10.6 Å². The van der Waals surface area contributed by atoms with E-state index in [-0.39, 0.29) is 23.5 Å². The van der Waals surface area contributed by atoms with Gasteiger partial charge in [-0.05, 0) is 54.5 Å². The van der Waals surface area contributed by atoms with Crippen LogP contribution in [0.1, 0.15) is 37.8 Å². The van der Waals surface area contributed by atoms with E-state index in [1.165, 1.54) is 5.56 Å². The fraction of sp³-hybridized carbons (Fsp3) is 0.611. The monoisotopic (exact) mass is 352 g/mol. The first-order valence-electron chi connectivity index (χ1n) is 8.43. The van der Waals surface area contributed by atoms with Crippen LogP contribution in [0.5, 0.6) is 0 Å². The predicted molar refractivity (Wildman–Crippen MR) is 95.6 cm³/mol. The normalized spacial score (nSPS) is 14.5. The molecule has 134 valence electrons. The molecule has 0 unspecified atom stereocenters. The molecule has 0 radical (unpaired) electrons. The van der Waals surface area contributed by atoms with E-state index in [4.69, 9.17) is 5.73 Å². The molecule has 1 aromatic carbocycles. The summed E-state index contributed by atoms with van der Waals surface area (Å²) in [6.45, 7) is 4.95. The minimum atomic E-state index is -3.43. The van der Waals surface area contributed by atoms with Crippen LogP contribution in [0.3, 0.4) is 0 Å². The highest BCUT2D eigenvalue weighted by molar-refractivity contribution is 7.91. The summed E-state index contributed by atoms with van der Waals surface area (Å²) in [5.41, 5.74) is 7.88. The molecule has 0 atom stereocenters. The van der Waals surface area contributed by atoms with Gasteiger partial charge in [0.1, 0.15) is 0 Å². The first-order valence-corrected chi connectivity index (χ1v) is 10.1. The first-order chi connectivity index (χ1) is 11.1. The van der Waals surface area contributed by atoms with Crippen LogP contribution in [-0.4, -0.2) is 45.1 Å². The topological polar surface area (TPSA) is 80.5 Å². The van der Waals surface area contributed by atoms with Crippen molar-refractivity contribution in [1.29, 1.82) is 0 Å². The van der Waals surface area contributed by atoms with Gasteiger partial charge in [-0.25, -0.2) is 8.42 Å². The maximum atomic E-state index is 12.5. The number of hydrogen-bond donors (Lipinski definition) is 1. The number of rotatable bonds is 7. The maximum Gasteiger partial charge on any atom is 0.223 e. The lowest BCUT2D eigenvalue weighted by Crippen LogP contribution is -2.40. The summed E-state index contributed by atoms with van der Waals surface area (Å²) in [6, 6.07) is 5.36. The number of amides is 1. The average Bonchev–Trinajstić information content (AvgIpc) is 2.99. The summed E-state index contributed by atoms with van der Waals surface area (Å²) in [4.78, 5) is 14.1. The molecule has 2 N–H and O–H groups in total. The third-order valence-corrected chi connectivity index (χ3v) is 6.37. The first kappa shape index (κ1) is 18.9. The van der Waals surface area contributed by atoms with Crippen LogP contribution in [-0.2, 0) is 27.5 Å². The second-order valence-electron chi connectivity index (χ2n) is 7.47. The Kier molecular flexibility index (Phi) is 5.71. The van der Waals surface area contributed by atoms with Gasteiger partial charge in [-0.2, -0.15) is 0 Å². The standard InChI is InChI=1S/C18H28N2O3S/c1-18(2,12-19)13-20(3)17(21)9-10-24(22,23)16-8-7-14-5-4-6-15(14)11-16/h7-8,11H,4-6,9-10,12-13,19H2,1-3H3. The van der Waals surface area contributed by atoms with Crippen LogP contribution in [0.4, 0.5) is 0 Å². The second-order valence-corrected chi connectivity index (χ2v) is 9.58. The number of sulfone groups is 1. The fourth-order valence-corrected chi connectivity index (χ4v) is 4.34. The summed E-state index contributed by atoms with van der Waals surface area (Å²) in [6.07, 6.45) is 3.04. The SMILES string of the molecule is CN(CC(C)(C)CN)C(=O)CCS(=O)(=O)c1ccc2c(c1)CCC2. The molecule has 0 fully saturated rings. The van der Waals surface area contributed by atoms with Gasteiger partial charge in [-0.1, -0.05) is 19.9 Å². The smallest absolute Gasteiger partial charge is 0.223 e. The zero-order valence-corrected chi connectivity index (χ0v) is 15.7. The van der Waals surface area contributed by atoms with Crippen LogP contribution >= 0.6 is 0 Å².